The summed E-state index contributed by atoms with van der Waals surface area (Å²) in [6, 6.07) is 7.31. The van der Waals surface area contributed by atoms with Crippen molar-refractivity contribution < 1.29 is 19.4 Å². The lowest BCUT2D eigenvalue weighted by molar-refractivity contribution is 0.150. The van der Waals surface area contributed by atoms with Crippen LogP contribution < -0.4 is 15.4 Å². The molecule has 0 unspecified atom stereocenters. The second-order valence-electron chi connectivity index (χ2n) is 8.07. The highest BCUT2D eigenvalue weighted by Gasteiger charge is 2.28. The number of anilines is 1. The van der Waals surface area contributed by atoms with E-state index in [2.05, 4.69) is 15.6 Å². The molecule has 1 aliphatic carbocycles. The van der Waals surface area contributed by atoms with E-state index in [0.717, 1.165) is 37.1 Å². The number of nitrogens with zero attached hydrogens (tertiary/aromatic N) is 1. The summed E-state index contributed by atoms with van der Waals surface area (Å²) in [5.74, 6) is 2.16. The molecule has 3 heterocycles. The molecule has 0 bridgehead atoms. The van der Waals surface area contributed by atoms with E-state index in [9.17, 15) is 9.90 Å². The number of pyridine rings is 1. The predicted molar refractivity (Wildman–Crippen MR) is 115 cm³/mol. The van der Waals surface area contributed by atoms with E-state index in [1.165, 1.54) is 12.8 Å². The molecule has 1 atom stereocenters. The zero-order valence-electron chi connectivity index (χ0n) is 16.6. The van der Waals surface area contributed by atoms with Gasteiger partial charge in [-0.1, -0.05) is 6.07 Å². The lowest BCUT2D eigenvalue weighted by atomic mass is 9.87. The Morgan fingerprint density at radius 3 is 2.90 bits per heavy atom. The first kappa shape index (κ1) is 20.8. The molecular formula is C22H26ClN3O4. The van der Waals surface area contributed by atoms with E-state index < -0.39 is 6.09 Å². The smallest absolute Gasteiger partial charge is 0.413 e. The number of aromatic nitrogens is 1. The Morgan fingerprint density at radius 1 is 1.27 bits per heavy atom. The zero-order chi connectivity index (χ0) is 19.8. The lowest BCUT2D eigenvalue weighted by Crippen LogP contribution is -2.30. The Morgan fingerprint density at radius 2 is 2.13 bits per heavy atom. The number of nitrogens with one attached hydrogen (secondary N) is 2. The van der Waals surface area contributed by atoms with Gasteiger partial charge in [0.1, 0.15) is 23.9 Å². The number of carbonyl (C=O) groups excluding carboxylic acids is 1. The Kier molecular flexibility index (Phi) is 6.01. The minimum Gasteiger partial charge on any atom is -0.507 e. The van der Waals surface area contributed by atoms with Crippen LogP contribution >= 0.6 is 12.4 Å². The van der Waals surface area contributed by atoms with Gasteiger partial charge in [0.2, 0.25) is 0 Å². The normalized spacial score (nSPS) is 20.4. The van der Waals surface area contributed by atoms with Crippen molar-refractivity contribution in [3.8, 4) is 22.8 Å². The summed E-state index contributed by atoms with van der Waals surface area (Å²) in [6.07, 6.45) is 4.03. The summed E-state index contributed by atoms with van der Waals surface area (Å²) in [4.78, 5) is 16.5. The summed E-state index contributed by atoms with van der Waals surface area (Å²) in [7, 11) is 0. The van der Waals surface area contributed by atoms with Crippen LogP contribution in [0.1, 0.15) is 42.7 Å². The predicted octanol–water partition coefficient (Wildman–Crippen LogP) is 4.19. The minimum atomic E-state index is -0.502. The van der Waals surface area contributed by atoms with Gasteiger partial charge in [-0.15, -0.1) is 12.4 Å². The quantitative estimate of drug-likeness (QED) is 0.657. The summed E-state index contributed by atoms with van der Waals surface area (Å²) in [5, 5.41) is 16.8. The molecule has 3 N–H and O–H groups in total. The Balaban J connectivity index is 0.00000218. The number of amides is 1. The van der Waals surface area contributed by atoms with E-state index in [-0.39, 0.29) is 24.8 Å². The molecule has 0 spiro atoms. The molecule has 2 fully saturated rings. The van der Waals surface area contributed by atoms with E-state index in [1.807, 2.05) is 12.1 Å². The number of piperidine rings is 1. The summed E-state index contributed by atoms with van der Waals surface area (Å²) in [6.45, 7) is 2.75. The Hall–Kier alpha value is -2.51. The molecule has 0 radical (unpaired) electrons. The van der Waals surface area contributed by atoms with Crippen molar-refractivity contribution in [3.63, 3.8) is 0 Å². The maximum atomic E-state index is 11.8. The number of ether oxygens (including phenoxy) is 2. The maximum absolute atomic E-state index is 11.8. The number of rotatable bonds is 5. The first-order valence-electron chi connectivity index (χ1n) is 10.3. The number of hydrogen-bond acceptors (Lipinski definition) is 6. The summed E-state index contributed by atoms with van der Waals surface area (Å²) >= 11 is 0. The molecule has 8 heteroatoms. The molecule has 7 nitrogen and oxygen atoms in total. The van der Waals surface area contributed by atoms with Gasteiger partial charge in [-0.2, -0.15) is 0 Å². The van der Waals surface area contributed by atoms with Crippen molar-refractivity contribution in [2.75, 3.05) is 25.0 Å². The number of aromatic hydroxyl groups is 1. The van der Waals surface area contributed by atoms with Gasteiger partial charge in [-0.05, 0) is 67.8 Å². The van der Waals surface area contributed by atoms with Crippen LogP contribution in [0.5, 0.6) is 11.5 Å². The number of benzene rings is 1. The van der Waals surface area contributed by atoms with Gasteiger partial charge in [-0.3, -0.25) is 5.32 Å². The molecular weight excluding hydrogens is 406 g/mol. The standard InChI is InChI=1S/C22H25N3O4.ClH/c26-18-4-1-5-19(28-11-13-6-7-13)20(18)17-9-15(14-3-2-8-23-10-14)16-12-29-22(27)25-21(16)24-17;/h1,4-5,9,13-14,23,26H,2-3,6-8,10-12H2,(H,24,25,27);1H/t14-;/m1./s1. The molecule has 160 valence electrons. The molecule has 2 aromatic rings. The van der Waals surface area contributed by atoms with Gasteiger partial charge in [-0.25, -0.2) is 9.78 Å². The van der Waals surface area contributed by atoms with Crippen LogP contribution in [0.3, 0.4) is 0 Å². The average Bonchev–Trinajstić information content (AvgIpc) is 3.56. The van der Waals surface area contributed by atoms with Gasteiger partial charge in [0.25, 0.3) is 0 Å². The van der Waals surface area contributed by atoms with Gasteiger partial charge in [0.05, 0.1) is 17.9 Å². The van der Waals surface area contributed by atoms with E-state index in [1.54, 1.807) is 12.1 Å². The van der Waals surface area contributed by atoms with Crippen LogP contribution in [0.25, 0.3) is 11.3 Å². The van der Waals surface area contributed by atoms with Gasteiger partial charge < -0.3 is 19.9 Å². The second-order valence-corrected chi connectivity index (χ2v) is 8.07. The van der Waals surface area contributed by atoms with Gasteiger partial charge >= 0.3 is 6.09 Å². The number of cyclic esters (lactones) is 1. The number of phenolic OH excluding ortho intramolecular Hbond substituents is 1. The lowest BCUT2D eigenvalue weighted by Gasteiger charge is -2.28. The fraction of sp³-hybridized carbons (Fsp3) is 0.455. The minimum absolute atomic E-state index is 0. The zero-order valence-corrected chi connectivity index (χ0v) is 17.5. The van der Waals surface area contributed by atoms with Crippen LogP contribution in [-0.2, 0) is 11.3 Å². The number of carbonyl (C=O) groups is 1. The second kappa shape index (κ2) is 8.70. The Bertz CT molecular complexity index is 942. The van der Waals surface area contributed by atoms with Gasteiger partial charge in [0.15, 0.2) is 0 Å². The van der Waals surface area contributed by atoms with Crippen molar-refractivity contribution >= 4 is 24.3 Å². The number of hydrogen-bond donors (Lipinski definition) is 3. The topological polar surface area (TPSA) is 92.7 Å². The van der Waals surface area contributed by atoms with Crippen LogP contribution in [0.15, 0.2) is 24.3 Å². The van der Waals surface area contributed by atoms with Crippen LogP contribution in [-0.4, -0.2) is 35.9 Å². The number of halogens is 1. The molecule has 1 aromatic heterocycles. The van der Waals surface area contributed by atoms with Gasteiger partial charge in [0, 0.05) is 12.1 Å². The van der Waals surface area contributed by atoms with Crippen LogP contribution in [0.4, 0.5) is 10.6 Å². The molecule has 1 amide bonds. The third-order valence-corrected chi connectivity index (χ3v) is 5.90. The molecule has 2 aliphatic heterocycles. The van der Waals surface area contributed by atoms with Crippen molar-refractivity contribution in [1.82, 2.24) is 10.3 Å². The maximum Gasteiger partial charge on any atom is 0.413 e. The number of phenols is 1. The summed E-state index contributed by atoms with van der Waals surface area (Å²) in [5.41, 5.74) is 3.20. The molecule has 1 aromatic carbocycles. The van der Waals surface area contributed by atoms with Crippen LogP contribution in [0, 0.1) is 5.92 Å². The van der Waals surface area contributed by atoms with Crippen molar-refractivity contribution in [1.29, 1.82) is 0 Å². The van der Waals surface area contributed by atoms with Crippen LogP contribution in [0.2, 0.25) is 0 Å². The summed E-state index contributed by atoms with van der Waals surface area (Å²) < 4.78 is 11.2. The largest absolute Gasteiger partial charge is 0.507 e. The van der Waals surface area contributed by atoms with E-state index in [0.29, 0.717) is 41.3 Å². The third kappa shape index (κ3) is 4.18. The van der Waals surface area contributed by atoms with Crippen molar-refractivity contribution in [2.45, 2.75) is 38.2 Å². The highest BCUT2D eigenvalue weighted by Crippen LogP contribution is 2.42. The third-order valence-electron chi connectivity index (χ3n) is 5.90. The molecule has 30 heavy (non-hydrogen) atoms. The molecule has 5 rings (SSSR count). The van der Waals surface area contributed by atoms with Crippen molar-refractivity contribution in [2.24, 2.45) is 5.92 Å². The fourth-order valence-electron chi connectivity index (χ4n) is 4.12. The number of fused-ring (bicyclic) bond motifs is 1. The Labute approximate surface area is 181 Å². The fourth-order valence-corrected chi connectivity index (χ4v) is 4.12. The van der Waals surface area contributed by atoms with E-state index in [4.69, 9.17) is 9.47 Å². The van der Waals surface area contributed by atoms with E-state index >= 15 is 0 Å². The first-order valence-corrected chi connectivity index (χ1v) is 10.3. The van der Waals surface area contributed by atoms with Crippen molar-refractivity contribution in [3.05, 3.63) is 35.4 Å². The average molecular weight is 432 g/mol. The molecule has 1 saturated carbocycles. The highest BCUT2D eigenvalue weighted by atomic mass is 35.5. The molecule has 1 saturated heterocycles. The highest BCUT2D eigenvalue weighted by molar-refractivity contribution is 5.88. The first-order chi connectivity index (χ1) is 14.2. The SMILES string of the molecule is Cl.O=C1Nc2nc(-c3c(O)cccc3OCC3CC3)cc([C@@H]3CCCNC3)c2CO1. The molecule has 3 aliphatic rings. The monoisotopic (exact) mass is 431 g/mol.